The van der Waals surface area contributed by atoms with E-state index in [1.165, 1.54) is 11.1 Å². The van der Waals surface area contributed by atoms with Crippen LogP contribution in [0.25, 0.3) is 0 Å². The average Bonchev–Trinajstić information content (AvgIpc) is 2.95. The van der Waals surface area contributed by atoms with Gasteiger partial charge in [-0.3, -0.25) is 14.6 Å². The summed E-state index contributed by atoms with van der Waals surface area (Å²) in [6.45, 7) is 5.02. The van der Waals surface area contributed by atoms with Crippen molar-refractivity contribution in [3.8, 4) is 5.75 Å². The van der Waals surface area contributed by atoms with Crippen molar-refractivity contribution < 1.29 is 9.53 Å². The molecular weight excluding hydrogens is 573 g/mol. The lowest BCUT2D eigenvalue weighted by atomic mass is 10.0. The number of piperidine rings is 2. The summed E-state index contributed by atoms with van der Waals surface area (Å²) >= 11 is 2.52. The van der Waals surface area contributed by atoms with Crippen LogP contribution in [0.15, 0.2) is 84.9 Å². The van der Waals surface area contributed by atoms with E-state index < -0.39 is 0 Å². The van der Waals surface area contributed by atoms with Crippen molar-refractivity contribution in [3.05, 3.63) is 102 Å². The number of likely N-dealkylation sites (tertiary alicyclic amines) is 2. The second-order valence-electron chi connectivity index (χ2n) is 10.1. The summed E-state index contributed by atoms with van der Waals surface area (Å²) < 4.78 is 6.67. The first-order chi connectivity index (χ1) is 18.1. The molecule has 6 heteroatoms. The third kappa shape index (κ3) is 7.33. The van der Waals surface area contributed by atoms with Gasteiger partial charge in [0.15, 0.2) is 0 Å². The van der Waals surface area contributed by atoms with Crippen molar-refractivity contribution in [1.29, 1.82) is 0 Å². The number of hydrogen-bond acceptors (Lipinski definition) is 4. The van der Waals surface area contributed by atoms with Gasteiger partial charge < -0.3 is 10.1 Å². The molecule has 1 amide bonds. The SMILES string of the molecule is O=C(NC1CCN(C(I)c2ccccc2)CC1)c1cccc(OC2CCN(Cc3ccccc3)CC2)c1. The van der Waals surface area contributed by atoms with E-state index >= 15 is 0 Å². The van der Waals surface area contributed by atoms with Gasteiger partial charge in [0.25, 0.3) is 5.91 Å². The zero-order valence-electron chi connectivity index (χ0n) is 21.3. The molecule has 0 radical (unpaired) electrons. The Bertz CT molecular complexity index is 1130. The van der Waals surface area contributed by atoms with Gasteiger partial charge in [-0.15, -0.1) is 0 Å². The van der Waals surface area contributed by atoms with Crippen LogP contribution in [0.4, 0.5) is 0 Å². The van der Waals surface area contributed by atoms with Crippen LogP contribution in [0.5, 0.6) is 5.75 Å². The minimum Gasteiger partial charge on any atom is -0.490 e. The van der Waals surface area contributed by atoms with Gasteiger partial charge in [-0.05, 0) is 55.0 Å². The molecule has 5 nitrogen and oxygen atoms in total. The van der Waals surface area contributed by atoms with Gasteiger partial charge in [-0.2, -0.15) is 0 Å². The largest absolute Gasteiger partial charge is 0.490 e. The summed E-state index contributed by atoms with van der Waals surface area (Å²) in [5.41, 5.74) is 3.37. The van der Waals surface area contributed by atoms with Crippen LogP contribution in [0.2, 0.25) is 0 Å². The number of nitrogens with zero attached hydrogens (tertiary/aromatic N) is 2. The van der Waals surface area contributed by atoms with Gasteiger partial charge in [-0.1, -0.05) is 89.3 Å². The van der Waals surface area contributed by atoms with Crippen molar-refractivity contribution >= 4 is 28.5 Å². The number of carbonyl (C=O) groups is 1. The summed E-state index contributed by atoms with van der Waals surface area (Å²) in [4.78, 5) is 18.0. The third-order valence-corrected chi connectivity index (χ3v) is 8.95. The molecule has 0 aromatic heterocycles. The first-order valence-electron chi connectivity index (χ1n) is 13.4. The van der Waals surface area contributed by atoms with E-state index in [1.54, 1.807) is 0 Å². The Morgan fingerprint density at radius 3 is 2.24 bits per heavy atom. The van der Waals surface area contributed by atoms with Crippen LogP contribution in [0, 0.1) is 0 Å². The number of halogens is 1. The molecule has 5 rings (SSSR count). The Morgan fingerprint density at radius 2 is 1.54 bits per heavy atom. The quantitative estimate of drug-likeness (QED) is 0.192. The fourth-order valence-corrected chi connectivity index (χ4v) is 6.26. The van der Waals surface area contributed by atoms with Gasteiger partial charge in [0.2, 0.25) is 0 Å². The number of rotatable bonds is 8. The monoisotopic (exact) mass is 609 g/mol. The molecule has 0 bridgehead atoms. The number of amides is 1. The van der Waals surface area contributed by atoms with E-state index in [1.807, 2.05) is 24.3 Å². The fourth-order valence-electron chi connectivity index (χ4n) is 5.29. The van der Waals surface area contributed by atoms with Crippen LogP contribution >= 0.6 is 22.6 Å². The third-order valence-electron chi connectivity index (χ3n) is 7.44. The molecule has 2 aliphatic rings. The smallest absolute Gasteiger partial charge is 0.251 e. The van der Waals surface area contributed by atoms with Gasteiger partial charge in [0.05, 0.1) is 4.05 Å². The topological polar surface area (TPSA) is 44.8 Å². The Balaban J connectivity index is 1.07. The molecule has 2 aliphatic heterocycles. The normalized spacial score (nSPS) is 18.8. The minimum atomic E-state index is -0.00402. The molecular formula is C31H36IN3O2. The number of ether oxygens (including phenoxy) is 1. The second kappa shape index (κ2) is 12.9. The van der Waals surface area contributed by atoms with E-state index in [4.69, 9.17) is 4.74 Å². The molecule has 3 aromatic rings. The lowest BCUT2D eigenvalue weighted by Crippen LogP contribution is -2.44. The predicted octanol–water partition coefficient (Wildman–Crippen LogP) is 6.06. The van der Waals surface area contributed by atoms with Crippen LogP contribution in [-0.2, 0) is 6.54 Å². The molecule has 0 spiro atoms. The first-order valence-corrected chi connectivity index (χ1v) is 14.7. The number of carbonyl (C=O) groups excluding carboxylic acids is 1. The highest BCUT2D eigenvalue weighted by Crippen LogP contribution is 2.30. The zero-order valence-corrected chi connectivity index (χ0v) is 23.4. The average molecular weight is 610 g/mol. The van der Waals surface area contributed by atoms with Gasteiger partial charge in [0.1, 0.15) is 11.9 Å². The van der Waals surface area contributed by atoms with Gasteiger partial charge >= 0.3 is 0 Å². The highest BCUT2D eigenvalue weighted by atomic mass is 127. The maximum Gasteiger partial charge on any atom is 0.251 e. The maximum atomic E-state index is 13.0. The summed E-state index contributed by atoms with van der Waals surface area (Å²) in [5, 5.41) is 3.26. The van der Waals surface area contributed by atoms with E-state index in [2.05, 4.69) is 98.4 Å². The minimum absolute atomic E-state index is 0.00402. The number of alkyl halides is 1. The molecule has 2 heterocycles. The van der Waals surface area contributed by atoms with Crippen LogP contribution < -0.4 is 10.1 Å². The van der Waals surface area contributed by atoms with Crippen molar-refractivity contribution in [2.24, 2.45) is 0 Å². The summed E-state index contributed by atoms with van der Waals surface area (Å²) in [6, 6.07) is 29.2. The number of benzene rings is 3. The van der Waals surface area contributed by atoms with E-state index in [9.17, 15) is 4.79 Å². The van der Waals surface area contributed by atoms with Crippen LogP contribution in [0.3, 0.4) is 0 Å². The molecule has 2 saturated heterocycles. The lowest BCUT2D eigenvalue weighted by molar-refractivity contribution is 0.0901. The van der Waals surface area contributed by atoms with E-state index in [-0.39, 0.29) is 18.1 Å². The highest BCUT2D eigenvalue weighted by Gasteiger charge is 2.26. The van der Waals surface area contributed by atoms with Crippen molar-refractivity contribution in [2.75, 3.05) is 26.2 Å². The molecule has 0 saturated carbocycles. The van der Waals surface area contributed by atoms with Crippen molar-refractivity contribution in [2.45, 2.75) is 48.4 Å². The molecule has 1 N–H and O–H groups in total. The highest BCUT2D eigenvalue weighted by molar-refractivity contribution is 14.1. The molecule has 1 unspecified atom stereocenters. The Hall–Kier alpha value is -2.42. The maximum absolute atomic E-state index is 13.0. The van der Waals surface area contributed by atoms with Crippen LogP contribution in [0.1, 0.15) is 51.2 Å². The molecule has 37 heavy (non-hydrogen) atoms. The van der Waals surface area contributed by atoms with Crippen LogP contribution in [-0.4, -0.2) is 54.0 Å². The van der Waals surface area contributed by atoms with Crippen molar-refractivity contribution in [3.63, 3.8) is 0 Å². The first kappa shape index (κ1) is 26.2. The predicted molar refractivity (Wildman–Crippen MR) is 157 cm³/mol. The Labute approximate surface area is 234 Å². The fraction of sp³-hybridized carbons (Fsp3) is 0.387. The van der Waals surface area contributed by atoms with E-state index in [0.717, 1.165) is 64.2 Å². The van der Waals surface area contributed by atoms with E-state index in [0.29, 0.717) is 9.61 Å². The van der Waals surface area contributed by atoms with Gasteiger partial charge in [-0.25, -0.2) is 0 Å². The summed E-state index contributed by atoms with van der Waals surface area (Å²) in [5.74, 6) is 0.787. The molecule has 1 atom stereocenters. The zero-order chi connectivity index (χ0) is 25.5. The van der Waals surface area contributed by atoms with Gasteiger partial charge in [0, 0.05) is 44.3 Å². The molecule has 3 aromatic carbocycles. The lowest BCUT2D eigenvalue weighted by Gasteiger charge is -2.35. The number of nitrogens with one attached hydrogen (secondary N) is 1. The Morgan fingerprint density at radius 1 is 0.865 bits per heavy atom. The molecule has 2 fully saturated rings. The van der Waals surface area contributed by atoms with Crippen molar-refractivity contribution in [1.82, 2.24) is 15.1 Å². The summed E-state index contributed by atoms with van der Waals surface area (Å²) in [7, 11) is 0. The Kier molecular flexibility index (Phi) is 9.13. The standard InChI is InChI=1S/C31H36IN3O2/c32-30(25-10-5-2-6-11-25)35-20-14-27(15-21-35)33-31(36)26-12-7-13-29(22-26)37-28-16-18-34(19-17-28)23-24-8-3-1-4-9-24/h1-13,22,27-28,30H,14-21,23H2,(H,33,36). The second-order valence-corrected chi connectivity index (χ2v) is 11.3. The summed E-state index contributed by atoms with van der Waals surface area (Å²) in [6.07, 6.45) is 4.14. The number of hydrogen-bond donors (Lipinski definition) is 1. The molecule has 0 aliphatic carbocycles. The molecule has 194 valence electrons.